The van der Waals surface area contributed by atoms with E-state index in [-0.39, 0.29) is 25.0 Å². The summed E-state index contributed by atoms with van der Waals surface area (Å²) in [7, 11) is 0. The van der Waals surface area contributed by atoms with Crippen molar-refractivity contribution in [1.82, 2.24) is 0 Å². The van der Waals surface area contributed by atoms with Gasteiger partial charge in [-0.1, -0.05) is 6.07 Å². The molecule has 0 fully saturated rings. The molecule has 2 amide bonds. The molecule has 0 saturated heterocycles. The maximum absolute atomic E-state index is 12.3. The number of amides is 2. The van der Waals surface area contributed by atoms with Crippen LogP contribution in [0.4, 0.5) is 11.4 Å². The Balaban J connectivity index is 1.44. The van der Waals surface area contributed by atoms with Crippen LogP contribution in [0.3, 0.4) is 0 Å². The highest BCUT2D eigenvalue weighted by atomic mass is 16.7. The van der Waals surface area contributed by atoms with Gasteiger partial charge in [-0.15, -0.1) is 0 Å². The van der Waals surface area contributed by atoms with Gasteiger partial charge < -0.3 is 24.8 Å². The molecule has 2 aliphatic heterocycles. The minimum atomic E-state index is -0.521. The predicted molar refractivity (Wildman–Crippen MR) is 90.1 cm³/mol. The molecule has 0 aromatic heterocycles. The van der Waals surface area contributed by atoms with Gasteiger partial charge in [0.1, 0.15) is 5.75 Å². The Morgan fingerprint density at radius 3 is 2.84 bits per heavy atom. The molecule has 0 saturated carbocycles. The maximum atomic E-state index is 12.3. The molecule has 0 radical (unpaired) electrons. The predicted octanol–water partition coefficient (Wildman–Crippen LogP) is 2.32. The fraction of sp³-hybridized carbons (Fsp3) is 0.222. The van der Waals surface area contributed by atoms with Crippen molar-refractivity contribution in [2.45, 2.75) is 19.4 Å². The SMILES string of the molecule is CC1Oc2ccc(CC(=O)Nc3ccc4c(c3)OCO4)cc2NC1=O. The minimum absolute atomic E-state index is 0.171. The number of carbonyl (C=O) groups is 2. The van der Waals surface area contributed by atoms with Crippen molar-refractivity contribution >= 4 is 23.2 Å². The van der Waals surface area contributed by atoms with Gasteiger partial charge in [-0.3, -0.25) is 9.59 Å². The van der Waals surface area contributed by atoms with Crippen molar-refractivity contribution in [3.05, 3.63) is 42.0 Å². The molecular weight excluding hydrogens is 324 g/mol. The summed E-state index contributed by atoms with van der Waals surface area (Å²) in [6.07, 6.45) is -0.347. The Hall–Kier alpha value is -3.22. The van der Waals surface area contributed by atoms with Crippen molar-refractivity contribution < 1.29 is 23.8 Å². The Labute approximate surface area is 143 Å². The van der Waals surface area contributed by atoms with Crippen LogP contribution in [0.5, 0.6) is 17.2 Å². The van der Waals surface area contributed by atoms with Crippen LogP contribution in [0.15, 0.2) is 36.4 Å². The van der Waals surface area contributed by atoms with Crippen molar-refractivity contribution in [2.75, 3.05) is 17.4 Å². The third kappa shape index (κ3) is 3.08. The summed E-state index contributed by atoms with van der Waals surface area (Å²) in [6.45, 7) is 1.87. The molecule has 7 heteroatoms. The molecule has 4 rings (SSSR count). The highest BCUT2D eigenvalue weighted by Crippen LogP contribution is 2.34. The Bertz CT molecular complexity index is 865. The minimum Gasteiger partial charge on any atom is -0.479 e. The van der Waals surface area contributed by atoms with Crippen LogP contribution < -0.4 is 24.8 Å². The molecular formula is C18H16N2O5. The van der Waals surface area contributed by atoms with E-state index in [9.17, 15) is 9.59 Å². The summed E-state index contributed by atoms with van der Waals surface area (Å²) in [4.78, 5) is 24.0. The summed E-state index contributed by atoms with van der Waals surface area (Å²) in [5.41, 5.74) is 1.99. The van der Waals surface area contributed by atoms with Crippen LogP contribution in [0.25, 0.3) is 0 Å². The number of hydrogen-bond acceptors (Lipinski definition) is 5. The van der Waals surface area contributed by atoms with Gasteiger partial charge in [0.2, 0.25) is 12.7 Å². The number of carbonyl (C=O) groups excluding carboxylic acids is 2. The van der Waals surface area contributed by atoms with Crippen molar-refractivity contribution in [1.29, 1.82) is 0 Å². The fourth-order valence-corrected chi connectivity index (χ4v) is 2.73. The molecule has 2 aliphatic rings. The lowest BCUT2D eigenvalue weighted by atomic mass is 10.1. The number of benzene rings is 2. The number of ether oxygens (including phenoxy) is 3. The van der Waals surface area contributed by atoms with Crippen LogP contribution in [-0.2, 0) is 16.0 Å². The number of hydrogen-bond donors (Lipinski definition) is 2. The molecule has 2 aromatic rings. The first kappa shape index (κ1) is 15.3. The number of anilines is 2. The molecule has 2 aromatic carbocycles. The standard InChI is InChI=1S/C18H16N2O5/c1-10-18(22)20-13-6-11(2-4-14(13)25-10)7-17(21)19-12-3-5-15-16(8-12)24-9-23-15/h2-6,8,10H,7,9H2,1H3,(H,19,21)(H,20,22). The van der Waals surface area contributed by atoms with E-state index in [2.05, 4.69) is 10.6 Å². The first-order valence-corrected chi connectivity index (χ1v) is 7.88. The van der Waals surface area contributed by atoms with Crippen LogP contribution in [0, 0.1) is 0 Å². The molecule has 2 N–H and O–H groups in total. The number of nitrogens with one attached hydrogen (secondary N) is 2. The molecule has 7 nitrogen and oxygen atoms in total. The van der Waals surface area contributed by atoms with Gasteiger partial charge in [0.25, 0.3) is 5.91 Å². The lowest BCUT2D eigenvalue weighted by Crippen LogP contribution is -2.34. The second kappa shape index (κ2) is 6.01. The monoisotopic (exact) mass is 340 g/mol. The lowest BCUT2D eigenvalue weighted by Gasteiger charge is -2.23. The first-order valence-electron chi connectivity index (χ1n) is 7.88. The fourth-order valence-electron chi connectivity index (χ4n) is 2.73. The summed E-state index contributed by atoms with van der Waals surface area (Å²) >= 11 is 0. The van der Waals surface area contributed by atoms with E-state index in [1.165, 1.54) is 0 Å². The highest BCUT2D eigenvalue weighted by molar-refractivity contribution is 5.98. The molecule has 128 valence electrons. The topological polar surface area (TPSA) is 85.9 Å². The smallest absolute Gasteiger partial charge is 0.265 e. The van der Waals surface area contributed by atoms with Crippen LogP contribution in [0.2, 0.25) is 0 Å². The van der Waals surface area contributed by atoms with Gasteiger partial charge in [-0.2, -0.15) is 0 Å². The lowest BCUT2D eigenvalue weighted by molar-refractivity contribution is -0.122. The highest BCUT2D eigenvalue weighted by Gasteiger charge is 2.23. The second-order valence-corrected chi connectivity index (χ2v) is 5.87. The molecule has 2 heterocycles. The number of fused-ring (bicyclic) bond motifs is 2. The van der Waals surface area contributed by atoms with E-state index in [1.807, 2.05) is 6.07 Å². The molecule has 1 atom stereocenters. The second-order valence-electron chi connectivity index (χ2n) is 5.87. The van der Waals surface area contributed by atoms with E-state index >= 15 is 0 Å². The van der Waals surface area contributed by atoms with Crippen LogP contribution >= 0.6 is 0 Å². The zero-order valence-electron chi connectivity index (χ0n) is 13.5. The summed E-state index contributed by atoms with van der Waals surface area (Å²) < 4.78 is 16.0. The molecule has 1 unspecified atom stereocenters. The molecule has 25 heavy (non-hydrogen) atoms. The normalized spacial score (nSPS) is 17.3. The largest absolute Gasteiger partial charge is 0.479 e. The number of rotatable bonds is 3. The van der Waals surface area contributed by atoms with Crippen molar-refractivity contribution in [3.8, 4) is 17.2 Å². The van der Waals surface area contributed by atoms with Gasteiger partial charge >= 0.3 is 0 Å². The average Bonchev–Trinajstić information content (AvgIpc) is 3.04. The van der Waals surface area contributed by atoms with Crippen molar-refractivity contribution in [3.63, 3.8) is 0 Å². The molecule has 0 bridgehead atoms. The Morgan fingerprint density at radius 1 is 1.16 bits per heavy atom. The third-order valence-corrected chi connectivity index (χ3v) is 4.00. The summed E-state index contributed by atoms with van der Waals surface area (Å²) in [6, 6.07) is 10.6. The van der Waals surface area contributed by atoms with Gasteiger partial charge in [-0.25, -0.2) is 0 Å². The van der Waals surface area contributed by atoms with Crippen molar-refractivity contribution in [2.24, 2.45) is 0 Å². The van der Waals surface area contributed by atoms with Crippen LogP contribution in [-0.4, -0.2) is 24.7 Å². The van der Waals surface area contributed by atoms with E-state index < -0.39 is 6.10 Å². The molecule has 0 spiro atoms. The first-order chi connectivity index (χ1) is 12.1. The third-order valence-electron chi connectivity index (χ3n) is 4.00. The average molecular weight is 340 g/mol. The Morgan fingerprint density at radius 2 is 1.96 bits per heavy atom. The van der Waals surface area contributed by atoms with E-state index in [1.54, 1.807) is 37.3 Å². The van der Waals surface area contributed by atoms with E-state index in [0.717, 1.165) is 5.56 Å². The molecule has 0 aliphatic carbocycles. The van der Waals surface area contributed by atoms with E-state index in [0.29, 0.717) is 28.6 Å². The maximum Gasteiger partial charge on any atom is 0.265 e. The van der Waals surface area contributed by atoms with E-state index in [4.69, 9.17) is 14.2 Å². The quantitative estimate of drug-likeness (QED) is 0.895. The van der Waals surface area contributed by atoms with Gasteiger partial charge in [0.15, 0.2) is 17.6 Å². The van der Waals surface area contributed by atoms with Gasteiger partial charge in [0.05, 0.1) is 12.1 Å². The van der Waals surface area contributed by atoms with Gasteiger partial charge in [-0.05, 0) is 36.8 Å². The zero-order valence-corrected chi connectivity index (χ0v) is 13.5. The summed E-state index contributed by atoms with van der Waals surface area (Å²) in [5.74, 6) is 1.51. The van der Waals surface area contributed by atoms with Crippen LogP contribution in [0.1, 0.15) is 12.5 Å². The summed E-state index contributed by atoms with van der Waals surface area (Å²) in [5, 5.41) is 5.60. The Kier molecular flexibility index (Phi) is 3.68. The zero-order chi connectivity index (χ0) is 17.4. The van der Waals surface area contributed by atoms with Gasteiger partial charge in [0, 0.05) is 11.8 Å².